The molecule has 2 aromatic rings. The molecule has 0 heterocycles. The van der Waals surface area contributed by atoms with Crippen molar-refractivity contribution in [2.75, 3.05) is 17.7 Å². The van der Waals surface area contributed by atoms with E-state index in [2.05, 4.69) is 5.32 Å². The first kappa shape index (κ1) is 18.4. The van der Waals surface area contributed by atoms with E-state index in [1.54, 1.807) is 18.2 Å². The number of hydrogen-bond donors (Lipinski definition) is 1. The number of nitrogens with zero attached hydrogens (tertiary/aromatic N) is 1. The third kappa shape index (κ3) is 4.54. The molecule has 0 spiro atoms. The number of hydrogen-bond acceptors (Lipinski definition) is 6. The maximum atomic E-state index is 12.0. The van der Waals surface area contributed by atoms with Crippen LogP contribution in [0, 0.1) is 10.1 Å². The van der Waals surface area contributed by atoms with Crippen LogP contribution in [-0.2, 0) is 14.6 Å². The number of nitro benzene ring substituents is 1. The molecule has 0 aliphatic carbocycles. The highest BCUT2D eigenvalue weighted by Crippen LogP contribution is 2.26. The van der Waals surface area contributed by atoms with Crippen LogP contribution < -0.4 is 10.1 Å². The Morgan fingerprint density at radius 3 is 2.48 bits per heavy atom. The molecule has 132 valence electrons. The van der Waals surface area contributed by atoms with E-state index in [4.69, 9.17) is 4.74 Å². The molecule has 0 atom stereocenters. The molecule has 0 fully saturated rings. The fourth-order valence-electron chi connectivity index (χ4n) is 2.06. The minimum absolute atomic E-state index is 0.0107. The molecule has 0 bridgehead atoms. The summed E-state index contributed by atoms with van der Waals surface area (Å²) in [6.45, 7) is 1.01. The van der Waals surface area contributed by atoms with Crippen molar-refractivity contribution in [2.45, 2.75) is 11.8 Å². The lowest BCUT2D eigenvalue weighted by atomic mass is 10.3. The van der Waals surface area contributed by atoms with Crippen molar-refractivity contribution in [3.8, 4) is 5.75 Å². The van der Waals surface area contributed by atoms with Crippen LogP contribution in [-0.4, -0.2) is 31.6 Å². The molecule has 0 aliphatic heterocycles. The van der Waals surface area contributed by atoms with E-state index in [9.17, 15) is 23.3 Å². The highest BCUT2D eigenvalue weighted by Gasteiger charge is 2.19. The lowest BCUT2D eigenvalue weighted by Gasteiger charge is -2.11. The highest BCUT2D eigenvalue weighted by atomic mass is 32.2. The van der Waals surface area contributed by atoms with E-state index >= 15 is 0 Å². The number of rotatable bonds is 7. The van der Waals surface area contributed by atoms with Crippen LogP contribution in [0.1, 0.15) is 6.92 Å². The van der Waals surface area contributed by atoms with Crippen LogP contribution in [0.15, 0.2) is 53.4 Å². The number of nitrogens with one attached hydrogen (secondary N) is 1. The van der Waals surface area contributed by atoms with Crippen molar-refractivity contribution in [1.82, 2.24) is 0 Å². The summed E-state index contributed by atoms with van der Waals surface area (Å²) in [5.41, 5.74) is -0.121. The maximum Gasteiger partial charge on any atom is 0.310 e. The number of ether oxygens (including phenoxy) is 1. The van der Waals surface area contributed by atoms with Crippen molar-refractivity contribution in [3.63, 3.8) is 0 Å². The minimum atomic E-state index is -3.50. The standard InChI is InChI=1S/C16H16N2O6S/c1-2-25(22,23)15-10-6-3-7-12(15)17-16(19)11-24-14-9-5-4-8-13(14)18(20)21/h3-10H,2,11H2,1H3,(H,17,19). The number of carbonyl (C=O) groups is 1. The van der Waals surface area contributed by atoms with E-state index in [0.717, 1.165) is 0 Å². The Hall–Kier alpha value is -2.94. The van der Waals surface area contributed by atoms with Gasteiger partial charge in [-0.1, -0.05) is 31.2 Å². The molecule has 0 radical (unpaired) electrons. The van der Waals surface area contributed by atoms with E-state index in [1.807, 2.05) is 0 Å². The third-order valence-electron chi connectivity index (χ3n) is 3.30. The molecule has 0 aliphatic rings. The minimum Gasteiger partial charge on any atom is -0.477 e. The number of carbonyl (C=O) groups excluding carboxylic acids is 1. The van der Waals surface area contributed by atoms with Gasteiger partial charge in [-0.3, -0.25) is 14.9 Å². The van der Waals surface area contributed by atoms with Crippen molar-refractivity contribution >= 4 is 27.1 Å². The van der Waals surface area contributed by atoms with Gasteiger partial charge in [-0.2, -0.15) is 0 Å². The second-order valence-corrected chi connectivity index (χ2v) is 7.21. The summed E-state index contributed by atoms with van der Waals surface area (Å²) in [6, 6.07) is 11.7. The molecule has 8 nitrogen and oxygen atoms in total. The average Bonchev–Trinajstić information content (AvgIpc) is 2.60. The quantitative estimate of drug-likeness (QED) is 0.596. The second kappa shape index (κ2) is 7.75. The normalized spacial score (nSPS) is 10.9. The average molecular weight is 364 g/mol. The van der Waals surface area contributed by atoms with Crippen molar-refractivity contribution in [3.05, 3.63) is 58.6 Å². The summed E-state index contributed by atoms with van der Waals surface area (Å²) in [4.78, 5) is 22.3. The predicted octanol–water partition coefficient (Wildman–Crippen LogP) is 2.41. The summed E-state index contributed by atoms with van der Waals surface area (Å²) in [7, 11) is -3.50. The van der Waals surface area contributed by atoms with Gasteiger partial charge in [0.2, 0.25) is 0 Å². The zero-order valence-electron chi connectivity index (χ0n) is 13.3. The predicted molar refractivity (Wildman–Crippen MR) is 91.4 cm³/mol. The van der Waals surface area contributed by atoms with Gasteiger partial charge < -0.3 is 10.1 Å². The third-order valence-corrected chi connectivity index (χ3v) is 5.08. The van der Waals surface area contributed by atoms with Gasteiger partial charge in [-0.05, 0) is 18.2 Å². The topological polar surface area (TPSA) is 116 Å². The van der Waals surface area contributed by atoms with Gasteiger partial charge in [0.25, 0.3) is 5.91 Å². The largest absolute Gasteiger partial charge is 0.477 e. The maximum absolute atomic E-state index is 12.0. The smallest absolute Gasteiger partial charge is 0.310 e. The monoisotopic (exact) mass is 364 g/mol. The molecule has 9 heteroatoms. The van der Waals surface area contributed by atoms with E-state index < -0.39 is 27.3 Å². The Kier molecular flexibility index (Phi) is 5.71. The fraction of sp³-hybridized carbons (Fsp3) is 0.188. The van der Waals surface area contributed by atoms with Gasteiger partial charge in [-0.25, -0.2) is 8.42 Å². The Labute approximate surface area is 144 Å². The van der Waals surface area contributed by atoms with Gasteiger partial charge in [0.1, 0.15) is 0 Å². The number of para-hydroxylation sites is 3. The zero-order valence-corrected chi connectivity index (χ0v) is 14.2. The highest BCUT2D eigenvalue weighted by molar-refractivity contribution is 7.91. The van der Waals surface area contributed by atoms with Crippen molar-refractivity contribution in [2.24, 2.45) is 0 Å². The van der Waals surface area contributed by atoms with Gasteiger partial charge >= 0.3 is 5.69 Å². The Morgan fingerprint density at radius 2 is 1.80 bits per heavy atom. The first-order valence-electron chi connectivity index (χ1n) is 7.33. The summed E-state index contributed by atoms with van der Waals surface area (Å²) in [5, 5.41) is 13.4. The van der Waals surface area contributed by atoms with E-state index in [-0.39, 0.29) is 27.8 Å². The first-order chi connectivity index (χ1) is 11.8. The molecule has 0 saturated heterocycles. The van der Waals surface area contributed by atoms with Gasteiger partial charge in [0.15, 0.2) is 22.2 Å². The summed E-state index contributed by atoms with van der Waals surface area (Å²) in [6.07, 6.45) is 0. The van der Waals surface area contributed by atoms with Gasteiger partial charge in [0, 0.05) is 6.07 Å². The van der Waals surface area contributed by atoms with Crippen LogP contribution >= 0.6 is 0 Å². The summed E-state index contributed by atoms with van der Waals surface area (Å²) in [5.74, 6) is -0.777. The van der Waals surface area contributed by atoms with Crippen LogP contribution in [0.2, 0.25) is 0 Å². The molecule has 0 aromatic heterocycles. The van der Waals surface area contributed by atoms with Gasteiger partial charge in [-0.15, -0.1) is 0 Å². The fourth-order valence-corrected chi connectivity index (χ4v) is 3.11. The van der Waals surface area contributed by atoms with Crippen molar-refractivity contribution in [1.29, 1.82) is 0 Å². The SMILES string of the molecule is CCS(=O)(=O)c1ccccc1NC(=O)COc1ccccc1[N+](=O)[O-]. The summed E-state index contributed by atoms with van der Waals surface area (Å²) >= 11 is 0. The number of amides is 1. The first-order valence-corrected chi connectivity index (χ1v) is 8.98. The summed E-state index contributed by atoms with van der Waals surface area (Å²) < 4.78 is 29.3. The number of benzene rings is 2. The molecule has 2 aromatic carbocycles. The Bertz CT molecular complexity index is 895. The molecule has 1 N–H and O–H groups in total. The lowest BCUT2D eigenvalue weighted by Crippen LogP contribution is -2.22. The Morgan fingerprint density at radius 1 is 1.16 bits per heavy atom. The molecule has 2 rings (SSSR count). The van der Waals surface area contributed by atoms with Crippen LogP contribution in [0.25, 0.3) is 0 Å². The van der Waals surface area contributed by atoms with E-state index in [0.29, 0.717) is 0 Å². The van der Waals surface area contributed by atoms with Crippen LogP contribution in [0.3, 0.4) is 0 Å². The molecule has 0 saturated carbocycles. The molecule has 0 unspecified atom stereocenters. The van der Waals surface area contributed by atoms with Crippen molar-refractivity contribution < 1.29 is 22.9 Å². The molecule has 1 amide bonds. The van der Waals surface area contributed by atoms with Crippen LogP contribution in [0.5, 0.6) is 5.75 Å². The van der Waals surface area contributed by atoms with E-state index in [1.165, 1.54) is 37.3 Å². The molecule has 25 heavy (non-hydrogen) atoms. The molecular formula is C16H16N2O6S. The number of anilines is 1. The Balaban J connectivity index is 2.11. The molecular weight excluding hydrogens is 348 g/mol. The number of sulfone groups is 1. The van der Waals surface area contributed by atoms with Gasteiger partial charge in [0.05, 0.1) is 21.3 Å². The van der Waals surface area contributed by atoms with Crippen LogP contribution in [0.4, 0.5) is 11.4 Å². The zero-order chi connectivity index (χ0) is 18.4. The second-order valence-electron chi connectivity index (χ2n) is 4.96. The number of nitro groups is 1. The lowest BCUT2D eigenvalue weighted by molar-refractivity contribution is -0.385.